The lowest BCUT2D eigenvalue weighted by atomic mass is 10.1. The zero-order chi connectivity index (χ0) is 13.1. The Kier molecular flexibility index (Phi) is 3.93. The number of carbonyl (C=O) groups excluding carboxylic acids is 1. The van der Waals surface area contributed by atoms with Gasteiger partial charge in [0.25, 0.3) is 5.91 Å². The van der Waals surface area contributed by atoms with Crippen molar-refractivity contribution in [1.29, 1.82) is 0 Å². The van der Waals surface area contributed by atoms with Gasteiger partial charge in [0, 0.05) is 10.9 Å². The summed E-state index contributed by atoms with van der Waals surface area (Å²) in [5.74, 6) is -0.514. The summed E-state index contributed by atoms with van der Waals surface area (Å²) in [7, 11) is 0. The van der Waals surface area contributed by atoms with Crippen LogP contribution in [0.4, 0.5) is 9.52 Å². The predicted molar refractivity (Wildman–Crippen MR) is 70.8 cm³/mol. The molecule has 0 radical (unpaired) electrons. The Balaban J connectivity index is 2.19. The highest BCUT2D eigenvalue weighted by Crippen LogP contribution is 2.18. The Morgan fingerprint density at radius 3 is 3.00 bits per heavy atom. The van der Waals surface area contributed by atoms with E-state index in [4.69, 9.17) is 11.6 Å². The summed E-state index contributed by atoms with van der Waals surface area (Å²) in [5.41, 5.74) is 1.72. The van der Waals surface area contributed by atoms with E-state index in [2.05, 4.69) is 10.3 Å². The SMILES string of the molecule is Cc1ccc(F)cc1C(=O)Nc1nc(CCl)cs1. The topological polar surface area (TPSA) is 42.0 Å². The van der Waals surface area contributed by atoms with Crippen LogP contribution in [0.1, 0.15) is 21.6 Å². The molecule has 0 atom stereocenters. The fourth-order valence-corrected chi connectivity index (χ4v) is 2.36. The molecule has 0 aliphatic heterocycles. The van der Waals surface area contributed by atoms with Crippen LogP contribution in [0.3, 0.4) is 0 Å². The van der Waals surface area contributed by atoms with Gasteiger partial charge in [-0.25, -0.2) is 9.37 Å². The van der Waals surface area contributed by atoms with E-state index in [1.165, 1.54) is 23.5 Å². The number of rotatable bonds is 3. The van der Waals surface area contributed by atoms with Crippen LogP contribution >= 0.6 is 22.9 Å². The van der Waals surface area contributed by atoms with Gasteiger partial charge in [0.15, 0.2) is 5.13 Å². The molecule has 1 aromatic heterocycles. The van der Waals surface area contributed by atoms with Crippen molar-refractivity contribution in [1.82, 2.24) is 4.98 Å². The summed E-state index contributed by atoms with van der Waals surface area (Å²) in [5, 5.41) is 4.85. The van der Waals surface area contributed by atoms with Crippen LogP contribution < -0.4 is 5.32 Å². The van der Waals surface area contributed by atoms with Crippen LogP contribution in [0.5, 0.6) is 0 Å². The van der Waals surface area contributed by atoms with Crippen LogP contribution in [0, 0.1) is 12.7 Å². The molecular formula is C12H10ClFN2OS. The lowest BCUT2D eigenvalue weighted by Crippen LogP contribution is -2.13. The number of amides is 1. The number of aromatic nitrogens is 1. The van der Waals surface area contributed by atoms with E-state index in [-0.39, 0.29) is 5.91 Å². The van der Waals surface area contributed by atoms with Gasteiger partial charge in [-0.3, -0.25) is 10.1 Å². The second-order valence-electron chi connectivity index (χ2n) is 3.69. The molecular weight excluding hydrogens is 275 g/mol. The van der Waals surface area contributed by atoms with E-state index in [1.807, 2.05) is 0 Å². The number of alkyl halides is 1. The average molecular weight is 285 g/mol. The quantitative estimate of drug-likeness (QED) is 0.875. The number of anilines is 1. The fraction of sp³-hybridized carbons (Fsp3) is 0.167. The largest absolute Gasteiger partial charge is 0.298 e. The van der Waals surface area contributed by atoms with Gasteiger partial charge < -0.3 is 0 Å². The number of hydrogen-bond acceptors (Lipinski definition) is 3. The molecule has 2 rings (SSSR count). The molecule has 0 fully saturated rings. The summed E-state index contributed by atoms with van der Waals surface area (Å²) >= 11 is 6.91. The average Bonchev–Trinajstić information content (AvgIpc) is 2.80. The summed E-state index contributed by atoms with van der Waals surface area (Å²) in [6.45, 7) is 1.75. The molecule has 1 heterocycles. The highest BCUT2D eigenvalue weighted by atomic mass is 35.5. The summed E-state index contributed by atoms with van der Waals surface area (Å²) in [6, 6.07) is 4.10. The molecule has 0 aliphatic rings. The van der Waals surface area contributed by atoms with Crippen molar-refractivity contribution in [3.8, 4) is 0 Å². The third-order valence-corrected chi connectivity index (χ3v) is 3.43. The second kappa shape index (κ2) is 5.46. The van der Waals surface area contributed by atoms with Gasteiger partial charge >= 0.3 is 0 Å². The Hall–Kier alpha value is -1.46. The molecule has 94 valence electrons. The Bertz CT molecular complexity index is 585. The molecule has 0 bridgehead atoms. The van der Waals surface area contributed by atoms with Crippen molar-refractivity contribution < 1.29 is 9.18 Å². The van der Waals surface area contributed by atoms with E-state index < -0.39 is 5.82 Å². The van der Waals surface area contributed by atoms with Gasteiger partial charge in [0.1, 0.15) is 5.82 Å². The molecule has 1 amide bonds. The second-order valence-corrected chi connectivity index (χ2v) is 4.82. The van der Waals surface area contributed by atoms with Gasteiger partial charge in [0.05, 0.1) is 11.6 Å². The number of halogens is 2. The van der Waals surface area contributed by atoms with Crippen molar-refractivity contribution in [3.05, 3.63) is 46.2 Å². The van der Waals surface area contributed by atoms with Gasteiger partial charge in [0.2, 0.25) is 0 Å². The summed E-state index contributed by atoms with van der Waals surface area (Å²) in [6.07, 6.45) is 0. The van der Waals surface area contributed by atoms with Crippen LogP contribution in [0.25, 0.3) is 0 Å². The monoisotopic (exact) mass is 284 g/mol. The first-order chi connectivity index (χ1) is 8.60. The fourth-order valence-electron chi connectivity index (χ4n) is 1.43. The van der Waals surface area contributed by atoms with E-state index in [0.717, 1.165) is 0 Å². The van der Waals surface area contributed by atoms with E-state index in [1.54, 1.807) is 18.4 Å². The number of nitrogens with zero attached hydrogens (tertiary/aromatic N) is 1. The zero-order valence-corrected chi connectivity index (χ0v) is 11.1. The highest BCUT2D eigenvalue weighted by Gasteiger charge is 2.12. The summed E-state index contributed by atoms with van der Waals surface area (Å²) < 4.78 is 13.1. The lowest BCUT2D eigenvalue weighted by molar-refractivity contribution is 0.102. The number of benzene rings is 1. The van der Waals surface area contributed by atoms with Crippen molar-refractivity contribution in [3.63, 3.8) is 0 Å². The van der Waals surface area contributed by atoms with Gasteiger partial charge in [-0.05, 0) is 24.6 Å². The van der Waals surface area contributed by atoms with Gasteiger partial charge in [-0.2, -0.15) is 0 Å². The zero-order valence-electron chi connectivity index (χ0n) is 9.54. The predicted octanol–water partition coefficient (Wildman–Crippen LogP) is 3.58. The third-order valence-electron chi connectivity index (χ3n) is 2.35. The third kappa shape index (κ3) is 2.86. The van der Waals surface area contributed by atoms with Gasteiger partial charge in [-0.1, -0.05) is 6.07 Å². The van der Waals surface area contributed by atoms with Crippen LogP contribution in [0.15, 0.2) is 23.6 Å². The number of thiazole rings is 1. The van der Waals surface area contributed by atoms with E-state index in [9.17, 15) is 9.18 Å². The first-order valence-corrected chi connectivity index (χ1v) is 6.59. The molecule has 0 spiro atoms. The van der Waals surface area contributed by atoms with Crippen LogP contribution in [-0.4, -0.2) is 10.9 Å². The molecule has 1 aromatic carbocycles. The summed E-state index contributed by atoms with van der Waals surface area (Å²) in [4.78, 5) is 16.0. The Labute approximate surface area is 113 Å². The smallest absolute Gasteiger partial charge is 0.257 e. The number of aryl methyl sites for hydroxylation is 1. The molecule has 2 aromatic rings. The number of carbonyl (C=O) groups is 1. The molecule has 0 saturated carbocycles. The molecule has 0 unspecified atom stereocenters. The number of hydrogen-bond donors (Lipinski definition) is 1. The van der Waals surface area contributed by atoms with Crippen LogP contribution in [0.2, 0.25) is 0 Å². The lowest BCUT2D eigenvalue weighted by Gasteiger charge is -2.05. The maximum atomic E-state index is 13.1. The normalized spacial score (nSPS) is 10.4. The van der Waals surface area contributed by atoms with Crippen LogP contribution in [-0.2, 0) is 5.88 Å². The molecule has 18 heavy (non-hydrogen) atoms. The Morgan fingerprint density at radius 1 is 1.56 bits per heavy atom. The standard InChI is InChI=1S/C12H10ClFN2OS/c1-7-2-3-8(14)4-10(7)11(17)16-12-15-9(5-13)6-18-12/h2-4,6H,5H2,1H3,(H,15,16,17). The van der Waals surface area contributed by atoms with Gasteiger partial charge in [-0.15, -0.1) is 22.9 Å². The minimum absolute atomic E-state index is 0.297. The van der Waals surface area contributed by atoms with Crippen molar-refractivity contribution in [2.75, 3.05) is 5.32 Å². The van der Waals surface area contributed by atoms with Crippen molar-refractivity contribution in [2.45, 2.75) is 12.8 Å². The van der Waals surface area contributed by atoms with Crippen molar-refractivity contribution in [2.24, 2.45) is 0 Å². The maximum absolute atomic E-state index is 13.1. The minimum Gasteiger partial charge on any atom is -0.298 e. The molecule has 0 aliphatic carbocycles. The van der Waals surface area contributed by atoms with E-state index >= 15 is 0 Å². The van der Waals surface area contributed by atoms with E-state index in [0.29, 0.717) is 27.8 Å². The maximum Gasteiger partial charge on any atom is 0.257 e. The Morgan fingerprint density at radius 2 is 2.33 bits per heavy atom. The highest BCUT2D eigenvalue weighted by molar-refractivity contribution is 7.14. The first kappa shape index (κ1) is 13.0. The molecule has 0 saturated heterocycles. The molecule has 1 N–H and O–H groups in total. The molecule has 6 heteroatoms. The minimum atomic E-state index is -0.439. The molecule has 3 nitrogen and oxygen atoms in total. The number of nitrogens with one attached hydrogen (secondary N) is 1. The first-order valence-electron chi connectivity index (χ1n) is 5.18. The van der Waals surface area contributed by atoms with Crippen molar-refractivity contribution >= 4 is 34.0 Å².